The van der Waals surface area contributed by atoms with E-state index in [4.69, 9.17) is 17.0 Å². The molecule has 2 nitrogen and oxygen atoms in total. The molecule has 0 fully saturated rings. The molecule has 6 heteroatoms. The molecule has 60 heavy (non-hydrogen) atoms. The van der Waals surface area contributed by atoms with Crippen LogP contribution in [-0.4, -0.2) is 34.1 Å². The van der Waals surface area contributed by atoms with Crippen LogP contribution in [0.5, 0.6) is 0 Å². The summed E-state index contributed by atoms with van der Waals surface area (Å²) in [5.74, 6) is -1.68. The van der Waals surface area contributed by atoms with E-state index in [1.807, 2.05) is 0 Å². The molecule has 0 spiro atoms. The Kier molecular flexibility index (Phi) is 11.9. The topological polar surface area (TPSA) is 0 Å². The quantitative estimate of drug-likeness (QED) is 0.0800. The molecule has 0 aliphatic heterocycles. The van der Waals surface area contributed by atoms with Crippen molar-refractivity contribution in [3.05, 3.63) is 190 Å². The zero-order chi connectivity index (χ0) is 42.5. The van der Waals surface area contributed by atoms with Crippen molar-refractivity contribution in [2.24, 2.45) is 0 Å². The summed E-state index contributed by atoms with van der Waals surface area (Å²) < 4.78 is 1.70. The molecule has 307 valence electrons. The summed E-state index contributed by atoms with van der Waals surface area (Å²) >= 11 is -4.90. The van der Waals surface area contributed by atoms with Gasteiger partial charge in [-0.1, -0.05) is 36.4 Å². The van der Waals surface area contributed by atoms with E-state index in [9.17, 15) is 0 Å². The van der Waals surface area contributed by atoms with Gasteiger partial charge in [0, 0.05) is 0 Å². The van der Waals surface area contributed by atoms with Crippen LogP contribution in [0.1, 0.15) is 67.3 Å². The average molecular weight is 928 g/mol. The molecule has 0 heterocycles. The summed E-state index contributed by atoms with van der Waals surface area (Å²) in [6.45, 7) is 11.4. The molecule has 2 aliphatic carbocycles. The fourth-order valence-electron chi connectivity index (χ4n) is 10.5. The van der Waals surface area contributed by atoms with Gasteiger partial charge in [-0.3, -0.25) is 0 Å². The number of rotatable bonds is 13. The molecule has 6 aromatic carbocycles. The summed E-state index contributed by atoms with van der Waals surface area (Å²) in [6.07, 6.45) is 6.83. The van der Waals surface area contributed by atoms with Gasteiger partial charge >= 0.3 is 335 Å². The Bertz CT molecular complexity index is 2400. The number of hydrogen-bond donors (Lipinski definition) is 0. The fraction of sp³-hybridized carbons (Fsp3) is 0.259. The molecule has 6 aromatic rings. The van der Waals surface area contributed by atoms with E-state index in [1.165, 1.54) is 78.2 Å². The van der Waals surface area contributed by atoms with Crippen molar-refractivity contribution in [1.82, 2.24) is 8.97 Å². The first-order valence-electron chi connectivity index (χ1n) is 21.9. The number of nitrogens with zero attached hydrogens (tertiary/aromatic N) is 2. The molecular weight excluding hydrogens is 867 g/mol. The molecule has 0 aromatic heterocycles. The van der Waals surface area contributed by atoms with Crippen LogP contribution in [-0.2, 0) is 28.6 Å². The molecule has 0 N–H and O–H groups in total. The van der Waals surface area contributed by atoms with Crippen molar-refractivity contribution < 1.29 is 15.6 Å². The van der Waals surface area contributed by atoms with Gasteiger partial charge in [0.2, 0.25) is 0 Å². The Morgan fingerprint density at radius 1 is 0.483 bits per heavy atom. The third kappa shape index (κ3) is 7.65. The Morgan fingerprint density at radius 2 is 0.850 bits per heavy atom. The van der Waals surface area contributed by atoms with Crippen molar-refractivity contribution in [2.45, 2.75) is 60.1 Å². The first-order chi connectivity index (χ1) is 28.7. The predicted molar refractivity (Wildman–Crippen MR) is 264 cm³/mol. The number of hydrogen-bond acceptors (Lipinski definition) is 0. The zero-order valence-corrected chi connectivity index (χ0v) is 41.8. The van der Waals surface area contributed by atoms with Crippen molar-refractivity contribution >= 4 is 46.5 Å². The first-order valence-corrected chi connectivity index (χ1v) is 38.2. The van der Waals surface area contributed by atoms with Crippen molar-refractivity contribution in [2.75, 3.05) is 28.2 Å². The maximum atomic E-state index is 8.77. The van der Waals surface area contributed by atoms with Gasteiger partial charge in [-0.25, -0.2) is 0 Å². The van der Waals surface area contributed by atoms with Crippen LogP contribution in [0, 0.1) is 0 Å². The van der Waals surface area contributed by atoms with E-state index in [2.05, 4.69) is 213 Å². The molecule has 0 amide bonds. The normalized spacial score (nSPS) is 17.1. The molecule has 0 radical (unpaired) electrons. The van der Waals surface area contributed by atoms with E-state index >= 15 is 0 Å². The number of halogens is 2. The van der Waals surface area contributed by atoms with Gasteiger partial charge in [-0.05, 0) is 0 Å². The second-order valence-electron chi connectivity index (χ2n) is 18.8. The van der Waals surface area contributed by atoms with Crippen LogP contribution >= 0.6 is 17.0 Å². The van der Waals surface area contributed by atoms with Crippen LogP contribution in [0.2, 0.25) is 13.1 Å². The van der Waals surface area contributed by atoms with Crippen LogP contribution in [0.3, 0.4) is 0 Å². The molecule has 2 atom stereocenters. The second-order valence-corrected chi connectivity index (χ2v) is 61.3. The van der Waals surface area contributed by atoms with Crippen LogP contribution in [0.4, 0.5) is 11.4 Å². The average Bonchev–Trinajstić information content (AvgIpc) is 3.85. The van der Waals surface area contributed by atoms with E-state index in [-0.39, 0.29) is 7.25 Å². The monoisotopic (exact) mass is 925 g/mol. The first kappa shape index (κ1) is 43.1. The molecule has 2 aliphatic rings. The van der Waals surface area contributed by atoms with Gasteiger partial charge in [-0.15, -0.1) is 0 Å². The summed E-state index contributed by atoms with van der Waals surface area (Å²) in [6, 6.07) is 53.9. The molecular formula is C54H61Cl2N2SiZr+2. The van der Waals surface area contributed by atoms with Crippen LogP contribution in [0.15, 0.2) is 157 Å². The second kappa shape index (κ2) is 16.6. The Hall–Kier alpha value is -3.60. The van der Waals surface area contributed by atoms with Gasteiger partial charge in [0.15, 0.2) is 0 Å². The number of allylic oxidation sites excluding steroid dienone is 2. The van der Waals surface area contributed by atoms with Crippen LogP contribution in [0.25, 0.3) is 34.4 Å². The van der Waals surface area contributed by atoms with E-state index < -0.39 is 21.5 Å². The Balaban J connectivity index is 1.16. The van der Waals surface area contributed by atoms with Crippen molar-refractivity contribution in [3.8, 4) is 22.3 Å². The molecule has 8 rings (SSSR count). The molecule has 0 saturated carbocycles. The van der Waals surface area contributed by atoms with E-state index in [0.717, 1.165) is 34.9 Å². The summed E-state index contributed by atoms with van der Waals surface area (Å²) in [4.78, 5) is 0. The minimum absolute atomic E-state index is 0.0700. The predicted octanol–water partition coefficient (Wildman–Crippen LogP) is 14.9. The molecule has 0 saturated heterocycles. The zero-order valence-electron chi connectivity index (χ0n) is 36.7. The minimum atomic E-state index is -4.90. The summed E-state index contributed by atoms with van der Waals surface area (Å²) in [5.41, 5.74) is 18.4. The number of quaternary nitrogens is 2. The maximum absolute atomic E-state index is 8.77. The Labute approximate surface area is 368 Å². The van der Waals surface area contributed by atoms with Crippen molar-refractivity contribution in [1.29, 1.82) is 0 Å². The Morgan fingerprint density at radius 3 is 1.18 bits per heavy atom. The van der Waals surface area contributed by atoms with E-state index in [1.54, 1.807) is 0 Å². The van der Waals surface area contributed by atoms with Gasteiger partial charge in [0.05, 0.1) is 0 Å². The number of benzene rings is 6. The van der Waals surface area contributed by atoms with Gasteiger partial charge in [0.25, 0.3) is 0 Å². The molecule has 0 bridgehead atoms. The summed E-state index contributed by atoms with van der Waals surface area (Å²) in [5, 5.41) is 0. The molecule has 2 unspecified atom stereocenters. The van der Waals surface area contributed by atoms with Crippen molar-refractivity contribution in [3.63, 3.8) is 0 Å². The van der Waals surface area contributed by atoms with Gasteiger partial charge in [0.1, 0.15) is 0 Å². The summed E-state index contributed by atoms with van der Waals surface area (Å²) in [7, 11) is 26.7. The van der Waals surface area contributed by atoms with E-state index in [0.29, 0.717) is 0 Å². The van der Waals surface area contributed by atoms with Gasteiger partial charge in [-0.2, -0.15) is 0 Å². The third-order valence-electron chi connectivity index (χ3n) is 13.9. The van der Waals surface area contributed by atoms with Gasteiger partial charge < -0.3 is 0 Å². The number of fused-ring (bicyclic) bond motifs is 2. The fourth-order valence-corrected chi connectivity index (χ4v) is 42.3. The van der Waals surface area contributed by atoms with Crippen LogP contribution < -0.4 is 8.97 Å². The SMILES string of the molecule is CCC1=Cc2c(-c3ccc([N+](C)(C)Cc4ccccc4)cc3)cccc2[CH]1[Zr]([Cl])([Cl])([CH]1C(CC)=Cc2c(-c3ccc([N+](C)(C)Cc4ccccc4)cc3)cccc21)[SiH](C)C. The third-order valence-corrected chi connectivity index (χ3v) is 65.8. The standard InChI is InChI=1S/2C26H27N.C2H7Si.2ClH.Zr/c2*1-4-20-17-23-11-8-12-25(26(23)18-20)22-13-15-24(16-14-22)27(2,3)19-21-9-6-5-7-10-21;1-3-2;;;/h2*5-18H,4,19H2,1-3H3;3H,1-2H3;2*1H;/q2*+1;;;;+2/p-2.